The molecule has 5 rings (SSSR count). The third-order valence-electron chi connectivity index (χ3n) is 5.54. The van der Waals surface area contributed by atoms with Crippen LogP contribution >= 0.6 is 15.9 Å². The molecule has 8 heteroatoms. The van der Waals surface area contributed by atoms with Crippen LogP contribution in [0.15, 0.2) is 46.6 Å². The van der Waals surface area contributed by atoms with Gasteiger partial charge in [-0.15, -0.1) is 0 Å². The zero-order chi connectivity index (χ0) is 20.2. The maximum atomic E-state index is 12.8. The van der Waals surface area contributed by atoms with Gasteiger partial charge >= 0.3 is 0 Å². The maximum Gasteiger partial charge on any atom is 0.231 e. The Bertz CT molecular complexity index is 1140. The molecule has 150 valence electrons. The molecule has 0 aliphatic carbocycles. The van der Waals surface area contributed by atoms with E-state index >= 15 is 0 Å². The van der Waals surface area contributed by atoms with E-state index in [9.17, 15) is 13.2 Å². The van der Waals surface area contributed by atoms with E-state index in [0.29, 0.717) is 36.8 Å². The summed E-state index contributed by atoms with van der Waals surface area (Å²) in [6, 6.07) is 11.1. The number of sulfone groups is 1. The zero-order valence-corrected chi connectivity index (χ0v) is 17.8. The van der Waals surface area contributed by atoms with Crippen molar-refractivity contribution in [1.82, 2.24) is 4.90 Å². The summed E-state index contributed by atoms with van der Waals surface area (Å²) in [7, 11) is -2.98. The van der Waals surface area contributed by atoms with Crippen molar-refractivity contribution < 1.29 is 22.7 Å². The number of ether oxygens (including phenoxy) is 2. The number of halogens is 1. The Labute approximate surface area is 177 Å². The van der Waals surface area contributed by atoms with Gasteiger partial charge in [-0.25, -0.2) is 8.42 Å². The van der Waals surface area contributed by atoms with Gasteiger partial charge in [0.05, 0.1) is 22.6 Å². The quantitative estimate of drug-likeness (QED) is 0.619. The lowest BCUT2D eigenvalue weighted by Crippen LogP contribution is -2.41. The summed E-state index contributed by atoms with van der Waals surface area (Å²) >= 11 is 3.40. The molecule has 0 radical (unpaired) electrons. The molecule has 0 amide bonds. The zero-order valence-electron chi connectivity index (χ0n) is 15.4. The molecule has 6 nitrogen and oxygen atoms in total. The topological polar surface area (TPSA) is 72.9 Å². The normalized spacial score (nSPS) is 24.1. The number of nitrogens with zero attached hydrogens (tertiary/aromatic N) is 1. The van der Waals surface area contributed by atoms with Crippen LogP contribution in [0.1, 0.15) is 27.9 Å². The molecule has 29 heavy (non-hydrogen) atoms. The van der Waals surface area contributed by atoms with E-state index in [1.165, 1.54) is 0 Å². The lowest BCUT2D eigenvalue weighted by Gasteiger charge is -2.33. The summed E-state index contributed by atoms with van der Waals surface area (Å²) in [5.41, 5.74) is 2.18. The highest BCUT2D eigenvalue weighted by Crippen LogP contribution is 2.42. The van der Waals surface area contributed by atoms with Crippen LogP contribution < -0.4 is 9.47 Å². The molecular formula is C21H18BrNO5S. The highest BCUT2D eigenvalue weighted by molar-refractivity contribution is 9.10. The fourth-order valence-electron chi connectivity index (χ4n) is 3.98. The van der Waals surface area contributed by atoms with E-state index in [4.69, 9.17) is 9.47 Å². The number of benzene rings is 2. The van der Waals surface area contributed by atoms with Crippen molar-refractivity contribution in [3.63, 3.8) is 0 Å². The molecule has 0 aromatic heterocycles. The van der Waals surface area contributed by atoms with Crippen molar-refractivity contribution in [3.8, 4) is 11.5 Å². The second-order valence-electron chi connectivity index (χ2n) is 7.49. The van der Waals surface area contributed by atoms with Crippen molar-refractivity contribution in [3.05, 3.63) is 63.3 Å². The molecule has 3 aliphatic heterocycles. The third kappa shape index (κ3) is 3.49. The van der Waals surface area contributed by atoms with Gasteiger partial charge in [-0.1, -0.05) is 28.1 Å². The number of fused-ring (bicyclic) bond motifs is 3. The van der Waals surface area contributed by atoms with Gasteiger partial charge < -0.3 is 9.47 Å². The monoisotopic (exact) mass is 475 g/mol. The molecular weight excluding hydrogens is 458 g/mol. The summed E-state index contributed by atoms with van der Waals surface area (Å²) in [5.74, 6) is 1.67. The van der Waals surface area contributed by atoms with Gasteiger partial charge in [-0.2, -0.15) is 0 Å². The van der Waals surface area contributed by atoms with E-state index in [-0.39, 0.29) is 29.1 Å². The average Bonchev–Trinajstić information content (AvgIpc) is 3.23. The van der Waals surface area contributed by atoms with E-state index in [0.717, 1.165) is 15.6 Å². The van der Waals surface area contributed by atoms with Gasteiger partial charge in [-0.05, 0) is 42.3 Å². The van der Waals surface area contributed by atoms with Crippen LogP contribution in [-0.2, 0) is 16.4 Å². The van der Waals surface area contributed by atoms with Crippen molar-refractivity contribution in [2.24, 2.45) is 0 Å². The first-order chi connectivity index (χ1) is 13.9. The van der Waals surface area contributed by atoms with Gasteiger partial charge in [-0.3, -0.25) is 9.69 Å². The van der Waals surface area contributed by atoms with Crippen LogP contribution in [0.2, 0.25) is 0 Å². The maximum absolute atomic E-state index is 12.8. The molecule has 3 heterocycles. The van der Waals surface area contributed by atoms with Gasteiger partial charge in [0.2, 0.25) is 5.78 Å². The second-order valence-corrected chi connectivity index (χ2v) is 10.6. The molecule has 0 N–H and O–H groups in total. The van der Waals surface area contributed by atoms with E-state index < -0.39 is 9.84 Å². The number of carbonyl (C=O) groups is 1. The number of carbonyl (C=O) groups excluding carboxylic acids is 1. The smallest absolute Gasteiger partial charge is 0.231 e. The van der Waals surface area contributed by atoms with Crippen LogP contribution in [0.3, 0.4) is 0 Å². The largest absolute Gasteiger partial charge is 0.478 e. The number of ketones is 1. The lowest BCUT2D eigenvalue weighted by molar-refractivity contribution is 0.0634. The number of allylic oxidation sites excluding steroid dienone is 1. The first-order valence-electron chi connectivity index (χ1n) is 9.32. The Balaban J connectivity index is 1.45. The SMILES string of the molecule is O=C1/C(=C\c2ccc(Br)cc2)Oc2c1ccc1c2CN(C2CCS(=O)(=O)C2)CO1. The first-order valence-corrected chi connectivity index (χ1v) is 11.9. The van der Waals surface area contributed by atoms with Crippen LogP contribution in [0.25, 0.3) is 6.08 Å². The highest BCUT2D eigenvalue weighted by atomic mass is 79.9. The molecule has 0 bridgehead atoms. The summed E-state index contributed by atoms with van der Waals surface area (Å²) in [5, 5.41) is 0. The minimum Gasteiger partial charge on any atom is -0.478 e. The predicted molar refractivity (Wildman–Crippen MR) is 112 cm³/mol. The highest BCUT2D eigenvalue weighted by Gasteiger charge is 2.38. The van der Waals surface area contributed by atoms with Crippen LogP contribution in [0, 0.1) is 0 Å². The molecule has 2 aromatic carbocycles. The Kier molecular flexibility index (Phi) is 4.53. The molecule has 1 fully saturated rings. The molecule has 0 spiro atoms. The first kappa shape index (κ1) is 18.8. The van der Waals surface area contributed by atoms with Crippen molar-refractivity contribution in [2.75, 3.05) is 18.2 Å². The van der Waals surface area contributed by atoms with Gasteiger partial charge in [0.15, 0.2) is 15.6 Å². The van der Waals surface area contributed by atoms with Crippen LogP contribution in [0.5, 0.6) is 11.5 Å². The molecule has 0 saturated carbocycles. The molecule has 3 aliphatic rings. The van der Waals surface area contributed by atoms with Crippen LogP contribution in [-0.4, -0.2) is 43.4 Å². The molecule has 1 saturated heterocycles. The van der Waals surface area contributed by atoms with Gasteiger partial charge in [0, 0.05) is 17.1 Å². The minimum absolute atomic E-state index is 0.0705. The average molecular weight is 476 g/mol. The Morgan fingerprint density at radius 2 is 1.93 bits per heavy atom. The number of hydrogen-bond acceptors (Lipinski definition) is 6. The Morgan fingerprint density at radius 3 is 2.66 bits per heavy atom. The fourth-order valence-corrected chi connectivity index (χ4v) is 6.01. The summed E-state index contributed by atoms with van der Waals surface area (Å²) in [6.45, 7) is 0.832. The summed E-state index contributed by atoms with van der Waals surface area (Å²) in [6.07, 6.45) is 2.33. The number of hydrogen-bond donors (Lipinski definition) is 0. The van der Waals surface area contributed by atoms with Gasteiger partial charge in [0.1, 0.15) is 18.2 Å². The van der Waals surface area contributed by atoms with Crippen molar-refractivity contribution in [2.45, 2.75) is 19.0 Å². The Hall–Kier alpha value is -2.16. The summed E-state index contributed by atoms with van der Waals surface area (Å²) < 4.78 is 36.5. The third-order valence-corrected chi connectivity index (χ3v) is 7.82. The second kappa shape index (κ2) is 6.97. The van der Waals surface area contributed by atoms with Crippen molar-refractivity contribution in [1.29, 1.82) is 0 Å². The molecule has 1 unspecified atom stereocenters. The van der Waals surface area contributed by atoms with E-state index in [2.05, 4.69) is 15.9 Å². The Morgan fingerprint density at radius 1 is 1.14 bits per heavy atom. The standard InChI is InChI=1S/C21H18BrNO5S/c22-14-3-1-13(2-4-14)9-19-20(24)16-5-6-18-17(21(16)28-19)10-23(12-27-18)15-7-8-29(25,26)11-15/h1-6,9,15H,7-8,10-12H2/b19-9+. The fraction of sp³-hybridized carbons (Fsp3) is 0.286. The van der Waals surface area contributed by atoms with Gasteiger partial charge in [0.25, 0.3) is 0 Å². The molecule has 1 atom stereocenters. The van der Waals surface area contributed by atoms with Crippen molar-refractivity contribution >= 4 is 37.6 Å². The minimum atomic E-state index is -2.98. The predicted octanol–water partition coefficient (Wildman–Crippen LogP) is 3.40. The van der Waals surface area contributed by atoms with Crippen LogP contribution in [0.4, 0.5) is 0 Å². The number of rotatable bonds is 2. The van der Waals surface area contributed by atoms with E-state index in [1.807, 2.05) is 29.2 Å². The van der Waals surface area contributed by atoms with E-state index in [1.54, 1.807) is 18.2 Å². The number of Topliss-reactive ketones (excluding diaryl/α,β-unsaturated/α-hetero) is 1. The lowest BCUT2D eigenvalue weighted by atomic mass is 10.0. The molecule has 2 aromatic rings. The summed E-state index contributed by atoms with van der Waals surface area (Å²) in [4.78, 5) is 14.9.